The predicted molar refractivity (Wildman–Crippen MR) is 59.7 cm³/mol. The number of nitrogens with zero attached hydrogens (tertiary/aromatic N) is 1. The van der Waals surface area contributed by atoms with Gasteiger partial charge < -0.3 is 0 Å². The summed E-state index contributed by atoms with van der Waals surface area (Å²) in [4.78, 5) is 3.97. The molecule has 0 amide bonds. The quantitative estimate of drug-likeness (QED) is 0.737. The van der Waals surface area contributed by atoms with E-state index in [-0.39, 0.29) is 0 Å². The molecular formula is C12H7ClF3N. The van der Waals surface area contributed by atoms with Gasteiger partial charge in [-0.3, -0.25) is 4.98 Å². The Morgan fingerprint density at radius 3 is 2.47 bits per heavy atom. The highest BCUT2D eigenvalue weighted by atomic mass is 35.5. The van der Waals surface area contributed by atoms with Crippen LogP contribution in [0.3, 0.4) is 0 Å². The van der Waals surface area contributed by atoms with Crippen LogP contribution in [0.4, 0.5) is 13.2 Å². The average Bonchev–Trinajstić information content (AvgIpc) is 2.29. The van der Waals surface area contributed by atoms with Crippen LogP contribution in [0.2, 0.25) is 5.02 Å². The maximum atomic E-state index is 12.5. The number of rotatable bonds is 1. The molecule has 0 aliphatic heterocycles. The van der Waals surface area contributed by atoms with Crippen molar-refractivity contribution in [3.05, 3.63) is 53.2 Å². The van der Waals surface area contributed by atoms with Gasteiger partial charge in [0.2, 0.25) is 0 Å². The second kappa shape index (κ2) is 4.37. The fraction of sp³-hybridized carbons (Fsp3) is 0.0833. The summed E-state index contributed by atoms with van der Waals surface area (Å²) in [6.07, 6.45) is -2.88. The molecule has 0 fully saturated rings. The van der Waals surface area contributed by atoms with Gasteiger partial charge in [-0.15, -0.1) is 0 Å². The zero-order valence-corrected chi connectivity index (χ0v) is 9.26. The maximum absolute atomic E-state index is 12.5. The Hall–Kier alpha value is -1.55. The van der Waals surface area contributed by atoms with Crippen molar-refractivity contribution < 1.29 is 13.2 Å². The minimum absolute atomic E-state index is 0.326. The Balaban J connectivity index is 2.51. The van der Waals surface area contributed by atoms with Gasteiger partial charge >= 0.3 is 6.18 Å². The molecule has 0 bridgehead atoms. The second-order valence-corrected chi connectivity index (χ2v) is 3.82. The van der Waals surface area contributed by atoms with E-state index in [0.29, 0.717) is 16.3 Å². The zero-order chi connectivity index (χ0) is 12.5. The monoisotopic (exact) mass is 257 g/mol. The molecule has 0 radical (unpaired) electrons. The van der Waals surface area contributed by atoms with Crippen LogP contribution >= 0.6 is 11.6 Å². The van der Waals surface area contributed by atoms with Crippen molar-refractivity contribution in [3.8, 4) is 11.3 Å². The van der Waals surface area contributed by atoms with E-state index < -0.39 is 11.7 Å². The molecule has 2 rings (SSSR count). The second-order valence-electron chi connectivity index (χ2n) is 3.41. The molecule has 5 heteroatoms. The van der Waals surface area contributed by atoms with E-state index in [1.54, 1.807) is 18.2 Å². The molecular weight excluding hydrogens is 251 g/mol. The lowest BCUT2D eigenvalue weighted by atomic mass is 10.1. The first-order valence-corrected chi connectivity index (χ1v) is 5.14. The highest BCUT2D eigenvalue weighted by molar-refractivity contribution is 6.33. The van der Waals surface area contributed by atoms with Crippen molar-refractivity contribution >= 4 is 11.6 Å². The zero-order valence-electron chi connectivity index (χ0n) is 8.50. The Kier molecular flexibility index (Phi) is 3.07. The first-order chi connectivity index (χ1) is 7.98. The standard InChI is InChI=1S/C12H7ClF3N/c13-10-5-2-6-17-11(10)8-3-1-4-9(7-8)12(14,15)16/h1-7H. The van der Waals surface area contributed by atoms with Gasteiger partial charge in [0.15, 0.2) is 0 Å². The number of pyridine rings is 1. The molecule has 2 aromatic rings. The molecule has 1 nitrogen and oxygen atoms in total. The van der Waals surface area contributed by atoms with Crippen molar-refractivity contribution in [2.24, 2.45) is 0 Å². The van der Waals surface area contributed by atoms with Crippen LogP contribution in [-0.2, 0) is 6.18 Å². The van der Waals surface area contributed by atoms with Gasteiger partial charge in [0.05, 0.1) is 16.3 Å². The summed E-state index contributed by atoms with van der Waals surface area (Å²) in [5, 5.41) is 0.326. The first-order valence-electron chi connectivity index (χ1n) is 4.76. The van der Waals surface area contributed by atoms with E-state index in [0.717, 1.165) is 12.1 Å². The summed E-state index contributed by atoms with van der Waals surface area (Å²) in [5.41, 5.74) is -0.0117. The number of hydrogen-bond donors (Lipinski definition) is 0. The van der Waals surface area contributed by atoms with Crippen LogP contribution in [-0.4, -0.2) is 4.98 Å². The Bertz CT molecular complexity index is 537. The van der Waals surface area contributed by atoms with Gasteiger partial charge in [0.1, 0.15) is 0 Å². The number of hydrogen-bond acceptors (Lipinski definition) is 1. The average molecular weight is 258 g/mol. The Morgan fingerprint density at radius 1 is 1.06 bits per heavy atom. The highest BCUT2D eigenvalue weighted by Crippen LogP contribution is 2.33. The van der Waals surface area contributed by atoms with E-state index in [4.69, 9.17) is 11.6 Å². The lowest BCUT2D eigenvalue weighted by Crippen LogP contribution is -2.04. The largest absolute Gasteiger partial charge is 0.416 e. The van der Waals surface area contributed by atoms with Gasteiger partial charge in [-0.1, -0.05) is 23.7 Å². The van der Waals surface area contributed by atoms with Crippen LogP contribution in [0, 0.1) is 0 Å². The van der Waals surface area contributed by atoms with Crippen molar-refractivity contribution in [1.82, 2.24) is 4.98 Å². The number of aromatic nitrogens is 1. The third kappa shape index (κ3) is 2.58. The van der Waals surface area contributed by atoms with Crippen molar-refractivity contribution in [1.29, 1.82) is 0 Å². The maximum Gasteiger partial charge on any atom is 0.416 e. The molecule has 1 aromatic heterocycles. The summed E-state index contributed by atoms with van der Waals surface area (Å²) in [5.74, 6) is 0. The van der Waals surface area contributed by atoms with Gasteiger partial charge in [-0.25, -0.2) is 0 Å². The van der Waals surface area contributed by atoms with Gasteiger partial charge in [-0.2, -0.15) is 13.2 Å². The molecule has 0 saturated heterocycles. The summed E-state index contributed by atoms with van der Waals surface area (Å²) < 4.78 is 37.6. The van der Waals surface area contributed by atoms with E-state index in [9.17, 15) is 13.2 Å². The summed E-state index contributed by atoms with van der Waals surface area (Å²) in [7, 11) is 0. The van der Waals surface area contributed by atoms with Crippen LogP contribution in [0.25, 0.3) is 11.3 Å². The van der Waals surface area contributed by atoms with E-state index in [1.807, 2.05) is 0 Å². The molecule has 0 unspecified atom stereocenters. The molecule has 0 spiro atoms. The topological polar surface area (TPSA) is 12.9 Å². The van der Waals surface area contributed by atoms with Gasteiger partial charge in [0.25, 0.3) is 0 Å². The van der Waals surface area contributed by atoms with Crippen molar-refractivity contribution in [3.63, 3.8) is 0 Å². The molecule has 0 aliphatic carbocycles. The number of alkyl halides is 3. The molecule has 88 valence electrons. The molecule has 0 atom stereocenters. The lowest BCUT2D eigenvalue weighted by molar-refractivity contribution is -0.137. The Labute approximate surface area is 101 Å². The van der Waals surface area contributed by atoms with Crippen LogP contribution < -0.4 is 0 Å². The van der Waals surface area contributed by atoms with Crippen LogP contribution in [0.15, 0.2) is 42.6 Å². The van der Waals surface area contributed by atoms with Crippen LogP contribution in [0.1, 0.15) is 5.56 Å². The molecule has 0 saturated carbocycles. The normalized spacial score (nSPS) is 11.5. The van der Waals surface area contributed by atoms with E-state index in [1.165, 1.54) is 12.3 Å². The summed E-state index contributed by atoms with van der Waals surface area (Å²) in [6, 6.07) is 8.14. The molecule has 1 aromatic carbocycles. The third-order valence-electron chi connectivity index (χ3n) is 2.22. The predicted octanol–water partition coefficient (Wildman–Crippen LogP) is 4.42. The molecule has 0 aliphatic rings. The number of benzene rings is 1. The fourth-order valence-corrected chi connectivity index (χ4v) is 1.67. The SMILES string of the molecule is FC(F)(F)c1cccc(-c2ncccc2Cl)c1. The fourth-order valence-electron chi connectivity index (χ4n) is 1.44. The highest BCUT2D eigenvalue weighted by Gasteiger charge is 2.30. The minimum Gasteiger partial charge on any atom is -0.255 e. The molecule has 1 heterocycles. The summed E-state index contributed by atoms with van der Waals surface area (Å²) in [6.45, 7) is 0. The summed E-state index contributed by atoms with van der Waals surface area (Å²) >= 11 is 5.88. The lowest BCUT2D eigenvalue weighted by Gasteiger charge is -2.09. The van der Waals surface area contributed by atoms with Crippen LogP contribution in [0.5, 0.6) is 0 Å². The molecule has 17 heavy (non-hydrogen) atoms. The smallest absolute Gasteiger partial charge is 0.255 e. The minimum atomic E-state index is -4.36. The van der Waals surface area contributed by atoms with E-state index in [2.05, 4.69) is 4.98 Å². The van der Waals surface area contributed by atoms with Crippen molar-refractivity contribution in [2.75, 3.05) is 0 Å². The Morgan fingerprint density at radius 2 is 1.82 bits per heavy atom. The first kappa shape index (κ1) is 11.9. The third-order valence-corrected chi connectivity index (χ3v) is 2.53. The molecule has 0 N–H and O–H groups in total. The van der Waals surface area contributed by atoms with Gasteiger partial charge in [-0.05, 0) is 24.3 Å². The van der Waals surface area contributed by atoms with Gasteiger partial charge in [0, 0.05) is 11.8 Å². The number of halogens is 4. The van der Waals surface area contributed by atoms with E-state index >= 15 is 0 Å². The van der Waals surface area contributed by atoms with Crippen molar-refractivity contribution in [2.45, 2.75) is 6.18 Å².